The van der Waals surface area contributed by atoms with E-state index in [1.165, 1.54) is 17.8 Å². The molecule has 33 heavy (non-hydrogen) atoms. The van der Waals surface area contributed by atoms with Crippen LogP contribution < -0.4 is 4.90 Å². The molecule has 0 saturated heterocycles. The Bertz CT molecular complexity index is 1280. The molecule has 0 fully saturated rings. The van der Waals surface area contributed by atoms with Gasteiger partial charge in [0.1, 0.15) is 0 Å². The third-order valence-corrected chi connectivity index (χ3v) is 5.79. The van der Waals surface area contributed by atoms with E-state index in [4.69, 9.17) is 0 Å². The van der Waals surface area contributed by atoms with Crippen LogP contribution >= 0.6 is 0 Å². The van der Waals surface area contributed by atoms with E-state index >= 15 is 0 Å². The molecule has 1 aromatic heterocycles. The van der Waals surface area contributed by atoms with Gasteiger partial charge in [0.2, 0.25) is 5.91 Å². The number of rotatable bonds is 5. The Morgan fingerprint density at radius 1 is 0.939 bits per heavy atom. The Balaban J connectivity index is 1.79. The second-order valence-electron chi connectivity index (χ2n) is 7.87. The summed E-state index contributed by atoms with van der Waals surface area (Å²) in [6.07, 6.45) is -2.22. The average Bonchev–Trinajstić information content (AvgIpc) is 2.83. The first-order chi connectivity index (χ1) is 15.8. The van der Waals surface area contributed by atoms with E-state index in [9.17, 15) is 18.0 Å². The van der Waals surface area contributed by atoms with Gasteiger partial charge in [-0.25, -0.2) is 0 Å². The summed E-state index contributed by atoms with van der Waals surface area (Å²) < 4.78 is 40.8. The Morgan fingerprint density at radius 2 is 1.64 bits per heavy atom. The molecule has 168 valence electrons. The van der Waals surface area contributed by atoms with Gasteiger partial charge in [-0.2, -0.15) is 13.2 Å². The number of para-hydroxylation sites is 1. The number of anilines is 1. The number of fused-ring (bicyclic) bond motifs is 1. The van der Waals surface area contributed by atoms with Crippen LogP contribution in [0.2, 0.25) is 0 Å². The summed E-state index contributed by atoms with van der Waals surface area (Å²) >= 11 is 0. The number of amides is 1. The minimum Gasteiger partial charge on any atom is -0.315 e. The number of pyridine rings is 1. The number of hydrogen-bond acceptors (Lipinski definition) is 2. The van der Waals surface area contributed by atoms with Crippen molar-refractivity contribution in [2.24, 2.45) is 0 Å². The van der Waals surface area contributed by atoms with Gasteiger partial charge < -0.3 is 4.90 Å². The molecule has 0 aliphatic carbocycles. The molecule has 0 aliphatic heterocycles. The fourth-order valence-corrected chi connectivity index (χ4v) is 3.95. The van der Waals surface area contributed by atoms with Gasteiger partial charge in [0.05, 0.1) is 17.5 Å². The maximum Gasteiger partial charge on any atom is 0.418 e. The highest BCUT2D eigenvalue weighted by Crippen LogP contribution is 2.38. The van der Waals surface area contributed by atoms with E-state index < -0.39 is 11.7 Å². The summed E-state index contributed by atoms with van der Waals surface area (Å²) in [5.74, 6) is -0.176. The van der Waals surface area contributed by atoms with E-state index in [-0.39, 0.29) is 17.8 Å². The summed E-state index contributed by atoms with van der Waals surface area (Å²) in [7, 11) is 1.70. The van der Waals surface area contributed by atoms with Crippen molar-refractivity contribution < 1.29 is 18.0 Å². The van der Waals surface area contributed by atoms with Crippen molar-refractivity contribution >= 4 is 22.5 Å². The standard InChI is InChI=1S/C27H23F3N2O/c1-3-18-12-14-21(15-13-18)32(2)24(33)16-20-17-31-26-22(10-7-11-23(26)27(28,29)30)25(20)19-8-5-4-6-9-19/h4-15,17H,3,16H2,1-2H3. The topological polar surface area (TPSA) is 33.2 Å². The fraction of sp³-hybridized carbons (Fsp3) is 0.185. The number of alkyl halides is 3. The predicted molar refractivity (Wildman–Crippen MR) is 125 cm³/mol. The lowest BCUT2D eigenvalue weighted by Crippen LogP contribution is -2.28. The molecular weight excluding hydrogens is 425 g/mol. The number of hydrogen-bond donors (Lipinski definition) is 0. The molecule has 1 heterocycles. The van der Waals surface area contributed by atoms with Crippen molar-refractivity contribution in [3.63, 3.8) is 0 Å². The van der Waals surface area contributed by atoms with Gasteiger partial charge in [-0.15, -0.1) is 0 Å². The molecule has 4 rings (SSSR count). The highest BCUT2D eigenvalue weighted by Gasteiger charge is 2.33. The molecule has 0 N–H and O–H groups in total. The van der Waals surface area contributed by atoms with Crippen LogP contribution in [0.25, 0.3) is 22.0 Å². The fourth-order valence-electron chi connectivity index (χ4n) is 3.95. The molecule has 1 amide bonds. The predicted octanol–water partition coefficient (Wildman–Crippen LogP) is 6.69. The molecule has 3 aromatic carbocycles. The second kappa shape index (κ2) is 9.06. The molecule has 4 aromatic rings. The van der Waals surface area contributed by atoms with Gasteiger partial charge in [0.15, 0.2) is 0 Å². The van der Waals surface area contributed by atoms with Crippen molar-refractivity contribution in [3.05, 3.63) is 95.7 Å². The molecule has 0 aliphatic rings. The lowest BCUT2D eigenvalue weighted by Gasteiger charge is -2.20. The Labute approximate surface area is 190 Å². The maximum absolute atomic E-state index is 13.6. The normalized spacial score (nSPS) is 11.5. The maximum atomic E-state index is 13.6. The number of aryl methyl sites for hydroxylation is 1. The highest BCUT2D eigenvalue weighted by atomic mass is 19.4. The van der Waals surface area contributed by atoms with Gasteiger partial charge in [-0.3, -0.25) is 9.78 Å². The van der Waals surface area contributed by atoms with Crippen molar-refractivity contribution in [1.82, 2.24) is 4.98 Å². The summed E-state index contributed by atoms with van der Waals surface area (Å²) in [4.78, 5) is 18.8. The van der Waals surface area contributed by atoms with E-state index in [0.717, 1.165) is 23.7 Å². The molecule has 0 spiro atoms. The molecule has 6 heteroatoms. The molecular formula is C27H23F3N2O. The van der Waals surface area contributed by atoms with Crippen LogP contribution in [0.4, 0.5) is 18.9 Å². The average molecular weight is 448 g/mol. The zero-order valence-electron chi connectivity index (χ0n) is 18.4. The van der Waals surface area contributed by atoms with Crippen LogP contribution in [-0.2, 0) is 23.8 Å². The smallest absolute Gasteiger partial charge is 0.315 e. The Kier molecular flexibility index (Phi) is 6.18. The van der Waals surface area contributed by atoms with Gasteiger partial charge in [-0.05, 0) is 46.9 Å². The quantitative estimate of drug-likeness (QED) is 0.341. The number of carbonyl (C=O) groups excluding carboxylic acids is 1. The first kappa shape index (κ1) is 22.5. The number of nitrogens with zero attached hydrogens (tertiary/aromatic N) is 2. The van der Waals surface area contributed by atoms with Crippen LogP contribution in [-0.4, -0.2) is 17.9 Å². The van der Waals surface area contributed by atoms with E-state index in [1.807, 2.05) is 54.6 Å². The van der Waals surface area contributed by atoms with Crippen molar-refractivity contribution in [3.8, 4) is 11.1 Å². The Morgan fingerprint density at radius 3 is 2.27 bits per heavy atom. The Hall–Kier alpha value is -3.67. The molecule has 0 atom stereocenters. The summed E-state index contributed by atoms with van der Waals surface area (Å²) in [6, 6.07) is 20.9. The van der Waals surface area contributed by atoms with Gasteiger partial charge in [-0.1, -0.05) is 61.5 Å². The van der Waals surface area contributed by atoms with Crippen LogP contribution in [0.3, 0.4) is 0 Å². The highest BCUT2D eigenvalue weighted by molar-refractivity contribution is 6.01. The number of aromatic nitrogens is 1. The molecule has 3 nitrogen and oxygen atoms in total. The van der Waals surface area contributed by atoms with Crippen LogP contribution in [0.15, 0.2) is 79.0 Å². The van der Waals surface area contributed by atoms with Crippen LogP contribution in [0, 0.1) is 0 Å². The van der Waals surface area contributed by atoms with Crippen molar-refractivity contribution in [1.29, 1.82) is 0 Å². The van der Waals surface area contributed by atoms with Crippen LogP contribution in [0.1, 0.15) is 23.6 Å². The van der Waals surface area contributed by atoms with E-state index in [0.29, 0.717) is 16.5 Å². The minimum absolute atomic E-state index is 0.00937. The molecule has 0 radical (unpaired) electrons. The van der Waals surface area contributed by atoms with Crippen molar-refractivity contribution in [2.75, 3.05) is 11.9 Å². The third-order valence-electron chi connectivity index (χ3n) is 5.79. The zero-order chi connectivity index (χ0) is 23.6. The minimum atomic E-state index is -4.53. The lowest BCUT2D eigenvalue weighted by molar-refractivity contribution is -0.136. The van der Waals surface area contributed by atoms with Gasteiger partial charge in [0, 0.05) is 24.3 Å². The van der Waals surface area contributed by atoms with E-state index in [2.05, 4.69) is 11.9 Å². The monoisotopic (exact) mass is 448 g/mol. The summed E-state index contributed by atoms with van der Waals surface area (Å²) in [5.41, 5.74) is 2.93. The third kappa shape index (κ3) is 4.60. The number of benzene rings is 3. The molecule has 0 unspecified atom stereocenters. The second-order valence-corrected chi connectivity index (χ2v) is 7.87. The summed E-state index contributed by atoms with van der Waals surface area (Å²) in [5, 5.41) is 0.372. The first-order valence-corrected chi connectivity index (χ1v) is 10.7. The van der Waals surface area contributed by atoms with Gasteiger partial charge in [0.25, 0.3) is 0 Å². The molecule has 0 saturated carbocycles. The number of likely N-dealkylation sites (N-methyl/N-ethyl adjacent to an activating group) is 1. The summed E-state index contributed by atoms with van der Waals surface area (Å²) in [6.45, 7) is 2.06. The SMILES string of the molecule is CCc1ccc(N(C)C(=O)Cc2cnc3c(C(F)(F)F)cccc3c2-c2ccccc2)cc1. The number of halogens is 3. The van der Waals surface area contributed by atoms with Gasteiger partial charge >= 0.3 is 6.18 Å². The first-order valence-electron chi connectivity index (χ1n) is 10.7. The largest absolute Gasteiger partial charge is 0.418 e. The lowest BCUT2D eigenvalue weighted by atomic mass is 9.93. The van der Waals surface area contributed by atoms with Crippen molar-refractivity contribution in [2.45, 2.75) is 25.9 Å². The molecule has 0 bridgehead atoms. The zero-order valence-corrected chi connectivity index (χ0v) is 18.4. The van der Waals surface area contributed by atoms with Crippen LogP contribution in [0.5, 0.6) is 0 Å². The number of carbonyl (C=O) groups is 1. The van der Waals surface area contributed by atoms with E-state index in [1.54, 1.807) is 18.0 Å².